The van der Waals surface area contributed by atoms with Gasteiger partial charge >= 0.3 is 0 Å². The van der Waals surface area contributed by atoms with Gasteiger partial charge in [-0.2, -0.15) is 0 Å². The lowest BCUT2D eigenvalue weighted by Crippen LogP contribution is -2.35. The first-order valence-electron chi connectivity index (χ1n) is 7.80. The zero-order chi connectivity index (χ0) is 14.4. The molecular formula is C16H27N3O. The molecular weight excluding hydrogens is 250 g/mol. The fourth-order valence-electron chi connectivity index (χ4n) is 3.18. The summed E-state index contributed by atoms with van der Waals surface area (Å²) in [6.07, 6.45) is 8.06. The Bertz CT molecular complexity index is 383. The van der Waals surface area contributed by atoms with E-state index in [0.29, 0.717) is 18.6 Å². The van der Waals surface area contributed by atoms with E-state index in [9.17, 15) is 5.11 Å². The molecule has 1 aliphatic carbocycles. The van der Waals surface area contributed by atoms with E-state index in [1.807, 2.05) is 13.2 Å². The molecule has 2 rings (SSSR count). The van der Waals surface area contributed by atoms with E-state index in [1.54, 1.807) is 0 Å². The number of nitrogens with zero attached hydrogens (tertiary/aromatic N) is 2. The lowest BCUT2D eigenvalue weighted by Gasteiger charge is -2.30. The molecule has 1 heterocycles. The van der Waals surface area contributed by atoms with Crippen molar-refractivity contribution in [3.05, 3.63) is 24.0 Å². The topological polar surface area (TPSA) is 48.4 Å². The molecule has 4 nitrogen and oxygen atoms in total. The molecule has 112 valence electrons. The van der Waals surface area contributed by atoms with Crippen LogP contribution in [0.3, 0.4) is 0 Å². The Morgan fingerprint density at radius 3 is 2.65 bits per heavy atom. The number of anilines is 1. The number of hydrogen-bond acceptors (Lipinski definition) is 4. The molecule has 0 aliphatic heterocycles. The van der Waals surface area contributed by atoms with Gasteiger partial charge in [-0.15, -0.1) is 0 Å². The van der Waals surface area contributed by atoms with Crippen LogP contribution < -0.4 is 10.2 Å². The zero-order valence-corrected chi connectivity index (χ0v) is 12.7. The van der Waals surface area contributed by atoms with E-state index in [2.05, 4.69) is 34.3 Å². The van der Waals surface area contributed by atoms with E-state index in [1.165, 1.54) is 25.7 Å². The predicted molar refractivity (Wildman–Crippen MR) is 83.0 cm³/mol. The van der Waals surface area contributed by atoms with Crippen LogP contribution in [-0.2, 0) is 0 Å². The largest absolute Gasteiger partial charge is 0.395 e. The third kappa shape index (κ3) is 3.49. The van der Waals surface area contributed by atoms with Crippen LogP contribution in [-0.4, -0.2) is 36.3 Å². The third-order valence-electron chi connectivity index (χ3n) is 4.32. The Balaban J connectivity index is 2.12. The van der Waals surface area contributed by atoms with Crippen LogP contribution >= 0.6 is 0 Å². The molecule has 20 heavy (non-hydrogen) atoms. The van der Waals surface area contributed by atoms with Crippen molar-refractivity contribution in [1.82, 2.24) is 10.3 Å². The van der Waals surface area contributed by atoms with Crippen molar-refractivity contribution in [3.8, 4) is 0 Å². The molecule has 0 radical (unpaired) electrons. The van der Waals surface area contributed by atoms with Crippen LogP contribution in [0.1, 0.15) is 50.8 Å². The quantitative estimate of drug-likeness (QED) is 0.804. The van der Waals surface area contributed by atoms with Gasteiger partial charge in [-0.25, -0.2) is 0 Å². The van der Waals surface area contributed by atoms with Crippen LogP contribution in [0.25, 0.3) is 0 Å². The maximum absolute atomic E-state index is 9.31. The highest BCUT2D eigenvalue weighted by Crippen LogP contribution is 2.28. The minimum Gasteiger partial charge on any atom is -0.395 e. The first kappa shape index (κ1) is 15.3. The minimum atomic E-state index is 0.201. The summed E-state index contributed by atoms with van der Waals surface area (Å²) in [5.74, 6) is 0. The summed E-state index contributed by atoms with van der Waals surface area (Å²) in [6, 6.07) is 5.15. The minimum absolute atomic E-state index is 0.201. The van der Waals surface area contributed by atoms with E-state index in [-0.39, 0.29) is 6.61 Å². The zero-order valence-electron chi connectivity index (χ0n) is 12.7. The molecule has 0 bridgehead atoms. The highest BCUT2D eigenvalue weighted by Gasteiger charge is 2.22. The maximum atomic E-state index is 9.31. The van der Waals surface area contributed by atoms with E-state index in [0.717, 1.165) is 17.8 Å². The molecule has 1 fully saturated rings. The summed E-state index contributed by atoms with van der Waals surface area (Å²) < 4.78 is 0. The van der Waals surface area contributed by atoms with E-state index >= 15 is 0 Å². The van der Waals surface area contributed by atoms with Crippen molar-refractivity contribution in [1.29, 1.82) is 0 Å². The number of aliphatic hydroxyl groups is 1. The van der Waals surface area contributed by atoms with E-state index < -0.39 is 0 Å². The molecule has 1 aromatic heterocycles. The maximum Gasteiger partial charge on any atom is 0.0606 e. The molecule has 0 spiro atoms. The van der Waals surface area contributed by atoms with Gasteiger partial charge in [-0.1, -0.05) is 19.8 Å². The molecule has 1 unspecified atom stereocenters. The molecule has 0 saturated heterocycles. The summed E-state index contributed by atoms with van der Waals surface area (Å²) >= 11 is 0. The van der Waals surface area contributed by atoms with Crippen molar-refractivity contribution in [3.63, 3.8) is 0 Å². The second-order valence-corrected chi connectivity index (χ2v) is 5.55. The smallest absolute Gasteiger partial charge is 0.0606 e. The number of aliphatic hydroxyl groups excluding tert-OH is 1. The van der Waals surface area contributed by atoms with Gasteiger partial charge in [0.15, 0.2) is 0 Å². The third-order valence-corrected chi connectivity index (χ3v) is 4.32. The van der Waals surface area contributed by atoms with Crippen molar-refractivity contribution in [2.75, 3.05) is 25.1 Å². The van der Waals surface area contributed by atoms with Gasteiger partial charge < -0.3 is 15.3 Å². The number of hydrogen-bond donors (Lipinski definition) is 2. The summed E-state index contributed by atoms with van der Waals surface area (Å²) in [4.78, 5) is 6.93. The summed E-state index contributed by atoms with van der Waals surface area (Å²) in [5, 5.41) is 12.6. The SMILES string of the molecule is CCC(NC)c1ccc(N(CCO)C2CCCC2)cn1. The summed E-state index contributed by atoms with van der Waals surface area (Å²) in [5.41, 5.74) is 2.23. The van der Waals surface area contributed by atoms with Crippen molar-refractivity contribution >= 4 is 5.69 Å². The molecule has 2 N–H and O–H groups in total. The first-order valence-corrected chi connectivity index (χ1v) is 7.80. The molecule has 1 saturated carbocycles. The van der Waals surface area contributed by atoms with Crippen molar-refractivity contribution in [2.45, 2.75) is 51.1 Å². The summed E-state index contributed by atoms with van der Waals surface area (Å²) in [6.45, 7) is 3.06. The normalized spacial score (nSPS) is 17.4. The number of pyridine rings is 1. The van der Waals surface area contributed by atoms with Crippen molar-refractivity contribution in [2.24, 2.45) is 0 Å². The van der Waals surface area contributed by atoms with Crippen LogP contribution in [0.5, 0.6) is 0 Å². The van der Waals surface area contributed by atoms with Crippen LogP contribution in [0.4, 0.5) is 5.69 Å². The number of aromatic nitrogens is 1. The average molecular weight is 277 g/mol. The molecule has 0 amide bonds. The molecule has 4 heteroatoms. The van der Waals surface area contributed by atoms with Gasteiger partial charge in [-0.05, 0) is 38.4 Å². The lowest BCUT2D eigenvalue weighted by molar-refractivity contribution is 0.297. The van der Waals surface area contributed by atoms with Crippen molar-refractivity contribution < 1.29 is 5.11 Å². The van der Waals surface area contributed by atoms with E-state index in [4.69, 9.17) is 0 Å². The van der Waals surface area contributed by atoms with Crippen LogP contribution in [0.2, 0.25) is 0 Å². The molecule has 0 aromatic carbocycles. The van der Waals surface area contributed by atoms with Gasteiger partial charge in [0.05, 0.1) is 24.2 Å². The Hall–Kier alpha value is -1.13. The molecule has 1 aromatic rings. The van der Waals surface area contributed by atoms with Gasteiger partial charge in [0.1, 0.15) is 0 Å². The highest BCUT2D eigenvalue weighted by atomic mass is 16.3. The van der Waals surface area contributed by atoms with Crippen LogP contribution in [0, 0.1) is 0 Å². The first-order chi connectivity index (χ1) is 9.80. The standard InChI is InChI=1S/C16H27N3O/c1-3-15(17-2)16-9-8-14(12-18-16)19(10-11-20)13-6-4-5-7-13/h8-9,12-13,15,17,20H,3-7,10-11H2,1-2H3. The monoisotopic (exact) mass is 277 g/mol. The van der Waals surface area contributed by atoms with Gasteiger partial charge in [0, 0.05) is 18.6 Å². The Labute approximate surface area is 122 Å². The predicted octanol–water partition coefficient (Wildman–Crippen LogP) is 2.49. The number of nitrogens with one attached hydrogen (secondary N) is 1. The lowest BCUT2D eigenvalue weighted by atomic mass is 10.1. The average Bonchev–Trinajstić information content (AvgIpc) is 3.01. The fourth-order valence-corrected chi connectivity index (χ4v) is 3.18. The van der Waals surface area contributed by atoms with Crippen LogP contribution in [0.15, 0.2) is 18.3 Å². The molecule has 1 atom stereocenters. The Morgan fingerprint density at radius 1 is 1.40 bits per heavy atom. The fraction of sp³-hybridized carbons (Fsp3) is 0.688. The van der Waals surface area contributed by atoms with Gasteiger partial charge in [0.25, 0.3) is 0 Å². The number of rotatable bonds is 7. The highest BCUT2D eigenvalue weighted by molar-refractivity contribution is 5.46. The summed E-state index contributed by atoms with van der Waals surface area (Å²) in [7, 11) is 1.97. The molecule has 1 aliphatic rings. The second kappa shape index (κ2) is 7.60. The second-order valence-electron chi connectivity index (χ2n) is 5.55. The van der Waals surface area contributed by atoms with Gasteiger partial charge in [-0.3, -0.25) is 4.98 Å². The Kier molecular flexibility index (Phi) is 5.80. The Morgan fingerprint density at radius 2 is 2.15 bits per heavy atom. The van der Waals surface area contributed by atoms with Gasteiger partial charge in [0.2, 0.25) is 0 Å².